The number of morpholine rings is 1. The molecule has 0 spiro atoms. The third-order valence-corrected chi connectivity index (χ3v) is 9.34. The maximum absolute atomic E-state index is 14.1. The van der Waals surface area contributed by atoms with E-state index in [1.807, 2.05) is 34.6 Å². The van der Waals surface area contributed by atoms with Crippen LogP contribution in [0.1, 0.15) is 59.4 Å². The standard InChI is InChI=1S/C29H33N3O5S/c1-29(2)22-16-24(37-19-6-10-35-11-7-19)25(38(34)32-8-12-36-13-9-32)15-21(22)27(33)26-20-5-4-18(17-30-3)14-23(20)31-28(26)29/h4-5,14-17,19,31H,6-13H2,1-3H3/b30-17-. The second-order valence-electron chi connectivity index (χ2n) is 10.6. The van der Waals surface area contributed by atoms with Crippen LogP contribution in [0.25, 0.3) is 10.9 Å². The number of hydrogen-bond acceptors (Lipinski definition) is 7. The summed E-state index contributed by atoms with van der Waals surface area (Å²) in [7, 11) is 1.74. The molecule has 2 fully saturated rings. The minimum Gasteiger partial charge on any atom is -0.593 e. The molecule has 2 aliphatic heterocycles. The second-order valence-corrected chi connectivity index (χ2v) is 12.0. The van der Waals surface area contributed by atoms with Gasteiger partial charge >= 0.3 is 0 Å². The number of aromatic nitrogens is 1. The fourth-order valence-corrected chi connectivity index (χ4v) is 6.99. The zero-order chi connectivity index (χ0) is 26.4. The Hall–Kier alpha value is -2.69. The molecular weight excluding hydrogens is 502 g/mol. The molecule has 1 unspecified atom stereocenters. The number of fused-ring (bicyclic) bond motifs is 4. The van der Waals surface area contributed by atoms with Crippen LogP contribution in [0, 0.1) is 0 Å². The first-order chi connectivity index (χ1) is 18.4. The van der Waals surface area contributed by atoms with Crippen LogP contribution in [0.2, 0.25) is 0 Å². The monoisotopic (exact) mass is 535 g/mol. The van der Waals surface area contributed by atoms with Crippen molar-refractivity contribution in [2.75, 3.05) is 46.6 Å². The van der Waals surface area contributed by atoms with Crippen molar-refractivity contribution in [2.45, 2.75) is 43.1 Å². The Bertz CT molecular complexity index is 1400. The quantitative estimate of drug-likeness (QED) is 0.392. The van der Waals surface area contributed by atoms with Crippen molar-refractivity contribution >= 4 is 34.3 Å². The van der Waals surface area contributed by atoms with Crippen molar-refractivity contribution in [1.29, 1.82) is 0 Å². The molecule has 3 aliphatic rings. The van der Waals surface area contributed by atoms with Gasteiger partial charge in [0.25, 0.3) is 0 Å². The number of hydrogen-bond donors (Lipinski definition) is 1. The Morgan fingerprint density at radius 2 is 1.87 bits per heavy atom. The van der Waals surface area contributed by atoms with Gasteiger partial charge in [0.05, 0.1) is 56.4 Å². The van der Waals surface area contributed by atoms with Gasteiger partial charge in [-0.15, -0.1) is 4.31 Å². The van der Waals surface area contributed by atoms with Gasteiger partial charge in [-0.3, -0.25) is 9.79 Å². The van der Waals surface area contributed by atoms with Gasteiger partial charge in [0.2, 0.25) is 4.90 Å². The highest BCUT2D eigenvalue weighted by Crippen LogP contribution is 2.46. The fraction of sp³-hybridized carbons (Fsp3) is 0.448. The summed E-state index contributed by atoms with van der Waals surface area (Å²) in [5.74, 6) is 0.526. The first-order valence-corrected chi connectivity index (χ1v) is 14.3. The third-order valence-electron chi connectivity index (χ3n) is 7.81. The van der Waals surface area contributed by atoms with Crippen LogP contribution in [0.4, 0.5) is 0 Å². The molecular formula is C29H33N3O5S. The zero-order valence-electron chi connectivity index (χ0n) is 22.0. The summed E-state index contributed by atoms with van der Waals surface area (Å²) >= 11 is -1.48. The van der Waals surface area contributed by atoms with Crippen molar-refractivity contribution in [1.82, 2.24) is 9.29 Å². The van der Waals surface area contributed by atoms with Crippen LogP contribution in [0.15, 0.2) is 40.2 Å². The Morgan fingerprint density at radius 1 is 1.13 bits per heavy atom. The number of aliphatic imine (C=N–C) groups is 1. The Balaban J connectivity index is 1.49. The van der Waals surface area contributed by atoms with E-state index in [9.17, 15) is 9.35 Å². The number of carbonyl (C=O) groups excluding carboxylic acids is 1. The third kappa shape index (κ3) is 4.36. The molecule has 9 heteroatoms. The summed E-state index contributed by atoms with van der Waals surface area (Å²) in [5, 5.41) is 0.885. The lowest BCUT2D eigenvalue weighted by atomic mass is 9.71. The van der Waals surface area contributed by atoms with Crippen LogP contribution >= 0.6 is 0 Å². The van der Waals surface area contributed by atoms with Crippen LogP contribution in [0.3, 0.4) is 0 Å². The van der Waals surface area contributed by atoms with Crippen molar-refractivity contribution < 1.29 is 23.6 Å². The van der Waals surface area contributed by atoms with E-state index in [4.69, 9.17) is 14.2 Å². The van der Waals surface area contributed by atoms with E-state index in [1.165, 1.54) is 0 Å². The molecule has 3 heterocycles. The summed E-state index contributed by atoms with van der Waals surface area (Å²) in [5.41, 5.74) is 4.39. The van der Waals surface area contributed by atoms with Crippen LogP contribution in [-0.2, 0) is 26.3 Å². The molecule has 2 aromatic carbocycles. The van der Waals surface area contributed by atoms with E-state index in [-0.39, 0.29) is 11.9 Å². The highest BCUT2D eigenvalue weighted by Gasteiger charge is 2.42. The molecule has 0 radical (unpaired) electrons. The summed E-state index contributed by atoms with van der Waals surface area (Å²) in [6.07, 6.45) is 3.33. The summed E-state index contributed by atoms with van der Waals surface area (Å²) < 4.78 is 33.3. The average Bonchev–Trinajstić information content (AvgIpc) is 3.33. The lowest BCUT2D eigenvalue weighted by Gasteiger charge is -2.34. The van der Waals surface area contributed by atoms with Crippen molar-refractivity contribution in [2.24, 2.45) is 4.99 Å². The van der Waals surface area contributed by atoms with E-state index in [1.54, 1.807) is 13.3 Å². The van der Waals surface area contributed by atoms with E-state index < -0.39 is 16.8 Å². The highest BCUT2D eigenvalue weighted by molar-refractivity contribution is 7.89. The first-order valence-electron chi connectivity index (χ1n) is 13.2. The van der Waals surface area contributed by atoms with Gasteiger partial charge in [-0.05, 0) is 23.3 Å². The molecule has 38 heavy (non-hydrogen) atoms. The number of carbonyl (C=O) groups is 1. The van der Waals surface area contributed by atoms with Crippen molar-refractivity contribution in [3.63, 3.8) is 0 Å². The number of aromatic amines is 1. The lowest BCUT2D eigenvalue weighted by Crippen LogP contribution is -2.41. The number of H-pyrrole nitrogens is 1. The number of nitrogens with one attached hydrogen (secondary N) is 1. The largest absolute Gasteiger partial charge is 0.593 e. The number of ketones is 1. The van der Waals surface area contributed by atoms with Gasteiger partial charge in [0.15, 0.2) is 11.5 Å². The molecule has 8 nitrogen and oxygen atoms in total. The van der Waals surface area contributed by atoms with Gasteiger partial charge < -0.3 is 23.7 Å². The van der Waals surface area contributed by atoms with Crippen LogP contribution < -0.4 is 4.74 Å². The maximum Gasteiger partial charge on any atom is 0.216 e. The van der Waals surface area contributed by atoms with E-state index in [0.29, 0.717) is 61.3 Å². The van der Waals surface area contributed by atoms with Gasteiger partial charge in [-0.1, -0.05) is 26.0 Å². The minimum absolute atomic E-state index is 0.0214. The van der Waals surface area contributed by atoms with E-state index in [2.05, 4.69) is 23.8 Å². The smallest absolute Gasteiger partial charge is 0.216 e. The van der Waals surface area contributed by atoms with Crippen molar-refractivity contribution in [3.8, 4) is 5.75 Å². The zero-order valence-corrected chi connectivity index (χ0v) is 22.9. The summed E-state index contributed by atoms with van der Waals surface area (Å²) in [6, 6.07) is 9.76. The molecule has 2 saturated heterocycles. The molecule has 0 bridgehead atoms. The van der Waals surface area contributed by atoms with E-state index in [0.717, 1.165) is 40.6 Å². The van der Waals surface area contributed by atoms with E-state index >= 15 is 0 Å². The molecule has 200 valence electrons. The van der Waals surface area contributed by atoms with Crippen LogP contribution in [0.5, 0.6) is 5.75 Å². The van der Waals surface area contributed by atoms with Gasteiger partial charge in [-0.25, -0.2) is 0 Å². The molecule has 1 aromatic heterocycles. The molecule has 1 aliphatic carbocycles. The Morgan fingerprint density at radius 3 is 2.61 bits per heavy atom. The predicted molar refractivity (Wildman–Crippen MR) is 147 cm³/mol. The normalized spacial score (nSPS) is 21.0. The predicted octanol–water partition coefficient (Wildman–Crippen LogP) is 4.00. The molecule has 1 atom stereocenters. The minimum atomic E-state index is -1.48. The topological polar surface area (TPSA) is 99.2 Å². The summed E-state index contributed by atoms with van der Waals surface area (Å²) in [6.45, 7) is 7.72. The fourth-order valence-electron chi connectivity index (χ4n) is 5.74. The van der Waals surface area contributed by atoms with Crippen LogP contribution in [-0.4, -0.2) is 78.5 Å². The Kier molecular flexibility index (Phi) is 6.82. The second kappa shape index (κ2) is 10.1. The lowest BCUT2D eigenvalue weighted by molar-refractivity contribution is 0.0242. The highest BCUT2D eigenvalue weighted by atomic mass is 32.2. The molecule has 1 N–H and O–H groups in total. The maximum atomic E-state index is 14.1. The SMILES string of the molecule is C/N=C\c1ccc2c3c([nH]c2c1)C(C)(C)c1cc(OC2CCOCC2)c([S+]([O-])N2CCOCC2)cc1C3=O. The van der Waals surface area contributed by atoms with Crippen molar-refractivity contribution in [3.05, 3.63) is 58.3 Å². The average molecular weight is 536 g/mol. The molecule has 6 rings (SSSR count). The Labute approximate surface area is 225 Å². The number of ether oxygens (including phenoxy) is 3. The van der Waals surface area contributed by atoms with Gasteiger partial charge in [0.1, 0.15) is 6.10 Å². The van der Waals surface area contributed by atoms with Gasteiger partial charge in [0, 0.05) is 59.7 Å². The first kappa shape index (κ1) is 25.6. The molecule has 0 amide bonds. The number of benzene rings is 2. The molecule has 3 aromatic rings. The number of nitrogens with zero attached hydrogens (tertiary/aromatic N) is 2. The summed E-state index contributed by atoms with van der Waals surface area (Å²) in [4.78, 5) is 22.3. The molecule has 0 saturated carbocycles. The van der Waals surface area contributed by atoms with Gasteiger partial charge in [-0.2, -0.15) is 0 Å². The number of rotatable bonds is 5.